The molecule has 1 saturated heterocycles. The van der Waals surface area contributed by atoms with Gasteiger partial charge in [-0.2, -0.15) is 0 Å². The highest BCUT2D eigenvalue weighted by Crippen LogP contribution is 2.35. The van der Waals surface area contributed by atoms with E-state index in [-0.39, 0.29) is 0 Å². The van der Waals surface area contributed by atoms with Gasteiger partial charge in [-0.05, 0) is 55.6 Å². The zero-order valence-electron chi connectivity index (χ0n) is 18.2. The maximum atomic E-state index is 5.98. The second-order valence-electron chi connectivity index (χ2n) is 7.94. The molecule has 0 aliphatic carbocycles. The Labute approximate surface area is 187 Å². The minimum absolute atomic E-state index is 0.488. The number of anilines is 2. The third-order valence-electron chi connectivity index (χ3n) is 5.80. The Kier molecular flexibility index (Phi) is 5.89. The Morgan fingerprint density at radius 1 is 1.06 bits per heavy atom. The number of ether oxygens (including phenoxy) is 2. The van der Waals surface area contributed by atoms with E-state index in [4.69, 9.17) is 9.47 Å². The molecule has 0 bridgehead atoms. The van der Waals surface area contributed by atoms with Crippen LogP contribution in [0.15, 0.2) is 61.1 Å². The molecule has 1 aliphatic heterocycles. The fourth-order valence-corrected chi connectivity index (χ4v) is 4.09. The molecule has 2 aromatic carbocycles. The van der Waals surface area contributed by atoms with Crippen LogP contribution < -0.4 is 14.8 Å². The minimum Gasteiger partial charge on any atom is -0.493 e. The quantitative estimate of drug-likeness (QED) is 0.388. The van der Waals surface area contributed by atoms with Crippen molar-refractivity contribution >= 4 is 33.3 Å². The second-order valence-corrected chi connectivity index (χ2v) is 7.94. The van der Waals surface area contributed by atoms with Crippen molar-refractivity contribution in [3.8, 4) is 11.5 Å². The topological polar surface area (TPSA) is 75.3 Å². The van der Waals surface area contributed by atoms with Crippen LogP contribution >= 0.6 is 0 Å². The first-order valence-electron chi connectivity index (χ1n) is 11.0. The number of hydrogen-bond acceptors (Lipinski definition) is 6. The summed E-state index contributed by atoms with van der Waals surface area (Å²) < 4.78 is 11.6. The van der Waals surface area contributed by atoms with Crippen molar-refractivity contribution in [1.82, 2.24) is 19.9 Å². The van der Waals surface area contributed by atoms with Gasteiger partial charge in [-0.25, -0.2) is 9.97 Å². The summed E-state index contributed by atoms with van der Waals surface area (Å²) in [6, 6.07) is 12.0. The summed E-state index contributed by atoms with van der Waals surface area (Å²) in [6.45, 7) is 3.86. The number of aromatic nitrogens is 3. The molecule has 0 unspecified atom stereocenters. The molecule has 4 aromatic rings. The standard InChI is InChI=1S/C25H27N5O2/c1-31-23-15-20-22(16-24(23)32-13-5-4-12-30-10-2-3-11-30)27-17-28-25(20)29-19-7-6-18-8-9-26-21(18)14-19/h4-9,14-17,26H,2-3,10-13H2,1H3,(H,27,28,29). The number of rotatable bonds is 8. The van der Waals surface area contributed by atoms with E-state index in [0.717, 1.165) is 34.5 Å². The van der Waals surface area contributed by atoms with Gasteiger partial charge in [0.15, 0.2) is 11.5 Å². The summed E-state index contributed by atoms with van der Waals surface area (Å²) in [7, 11) is 1.65. The SMILES string of the molecule is COc1cc2c(Nc3ccc4cc[nH]c4c3)ncnc2cc1OCC=CCN1CCCC1. The zero-order chi connectivity index (χ0) is 21.8. The van der Waals surface area contributed by atoms with Gasteiger partial charge in [0.25, 0.3) is 0 Å². The summed E-state index contributed by atoms with van der Waals surface area (Å²) in [6.07, 6.45) is 10.3. The lowest BCUT2D eigenvalue weighted by atomic mass is 10.2. The number of nitrogens with one attached hydrogen (secondary N) is 2. The van der Waals surface area contributed by atoms with Gasteiger partial charge in [-0.1, -0.05) is 18.2 Å². The molecule has 0 radical (unpaired) electrons. The Balaban J connectivity index is 1.33. The van der Waals surface area contributed by atoms with Crippen molar-refractivity contribution in [3.63, 3.8) is 0 Å². The fraction of sp³-hybridized carbons (Fsp3) is 0.280. The molecule has 1 fully saturated rings. The monoisotopic (exact) mass is 429 g/mol. The lowest BCUT2D eigenvalue weighted by Crippen LogP contribution is -2.18. The van der Waals surface area contributed by atoms with Crippen LogP contribution in [0.1, 0.15) is 12.8 Å². The van der Waals surface area contributed by atoms with Crippen LogP contribution in [0.4, 0.5) is 11.5 Å². The molecule has 3 heterocycles. The summed E-state index contributed by atoms with van der Waals surface area (Å²) in [5, 5.41) is 5.44. The summed E-state index contributed by atoms with van der Waals surface area (Å²) >= 11 is 0. The zero-order valence-corrected chi connectivity index (χ0v) is 18.2. The van der Waals surface area contributed by atoms with Crippen LogP contribution in [-0.2, 0) is 0 Å². The molecule has 32 heavy (non-hydrogen) atoms. The number of benzene rings is 2. The third-order valence-corrected chi connectivity index (χ3v) is 5.80. The maximum Gasteiger partial charge on any atom is 0.163 e. The fourth-order valence-electron chi connectivity index (χ4n) is 4.09. The highest BCUT2D eigenvalue weighted by Gasteiger charge is 2.12. The molecule has 2 N–H and O–H groups in total. The number of fused-ring (bicyclic) bond motifs is 2. The van der Waals surface area contributed by atoms with Gasteiger partial charge in [0.1, 0.15) is 18.8 Å². The molecule has 0 amide bonds. The first kappa shape index (κ1) is 20.3. The Hall–Kier alpha value is -3.58. The van der Waals surface area contributed by atoms with E-state index in [9.17, 15) is 0 Å². The van der Waals surface area contributed by atoms with Gasteiger partial charge < -0.3 is 19.8 Å². The minimum atomic E-state index is 0.488. The lowest BCUT2D eigenvalue weighted by Gasteiger charge is -2.13. The normalized spacial score (nSPS) is 14.5. The van der Waals surface area contributed by atoms with Crippen molar-refractivity contribution < 1.29 is 9.47 Å². The Morgan fingerprint density at radius 3 is 2.84 bits per heavy atom. The van der Waals surface area contributed by atoms with E-state index in [1.165, 1.54) is 31.3 Å². The van der Waals surface area contributed by atoms with Gasteiger partial charge in [0.2, 0.25) is 0 Å². The van der Waals surface area contributed by atoms with E-state index in [1.54, 1.807) is 13.4 Å². The number of aromatic amines is 1. The van der Waals surface area contributed by atoms with Crippen LogP contribution in [0, 0.1) is 0 Å². The predicted octanol–water partition coefficient (Wildman–Crippen LogP) is 4.89. The van der Waals surface area contributed by atoms with E-state index in [2.05, 4.69) is 49.5 Å². The smallest absolute Gasteiger partial charge is 0.163 e. The molecule has 0 saturated carbocycles. The number of methoxy groups -OCH3 is 1. The van der Waals surface area contributed by atoms with Crippen molar-refractivity contribution in [2.45, 2.75) is 12.8 Å². The molecule has 5 rings (SSSR count). The Morgan fingerprint density at radius 2 is 1.97 bits per heavy atom. The number of hydrogen-bond donors (Lipinski definition) is 2. The molecule has 0 atom stereocenters. The predicted molar refractivity (Wildman–Crippen MR) is 128 cm³/mol. The molecule has 2 aromatic heterocycles. The molecular formula is C25H27N5O2. The third kappa shape index (κ3) is 4.38. The average molecular weight is 430 g/mol. The molecule has 7 nitrogen and oxygen atoms in total. The van der Waals surface area contributed by atoms with E-state index >= 15 is 0 Å². The molecule has 1 aliphatic rings. The number of nitrogens with zero attached hydrogens (tertiary/aromatic N) is 3. The van der Waals surface area contributed by atoms with Gasteiger partial charge in [0.05, 0.1) is 12.6 Å². The summed E-state index contributed by atoms with van der Waals surface area (Å²) in [5.41, 5.74) is 2.81. The van der Waals surface area contributed by atoms with Crippen molar-refractivity contribution in [2.75, 3.05) is 38.7 Å². The molecule has 0 spiro atoms. The summed E-state index contributed by atoms with van der Waals surface area (Å²) in [4.78, 5) is 14.6. The highest BCUT2D eigenvalue weighted by molar-refractivity contribution is 5.94. The van der Waals surface area contributed by atoms with Crippen LogP contribution in [0.3, 0.4) is 0 Å². The van der Waals surface area contributed by atoms with Crippen molar-refractivity contribution in [2.24, 2.45) is 0 Å². The van der Waals surface area contributed by atoms with E-state index < -0.39 is 0 Å². The summed E-state index contributed by atoms with van der Waals surface area (Å²) in [5.74, 6) is 2.04. The lowest BCUT2D eigenvalue weighted by molar-refractivity contribution is 0.325. The number of H-pyrrole nitrogens is 1. The van der Waals surface area contributed by atoms with Crippen LogP contribution in [0.5, 0.6) is 11.5 Å². The van der Waals surface area contributed by atoms with Gasteiger partial charge in [-0.15, -0.1) is 0 Å². The van der Waals surface area contributed by atoms with Crippen LogP contribution in [0.2, 0.25) is 0 Å². The largest absolute Gasteiger partial charge is 0.493 e. The highest BCUT2D eigenvalue weighted by atomic mass is 16.5. The Bertz CT molecular complexity index is 1240. The maximum absolute atomic E-state index is 5.98. The first-order valence-corrected chi connectivity index (χ1v) is 11.0. The molecular weight excluding hydrogens is 402 g/mol. The second kappa shape index (κ2) is 9.28. The number of likely N-dealkylation sites (tertiary alicyclic amines) is 1. The van der Waals surface area contributed by atoms with Crippen molar-refractivity contribution in [1.29, 1.82) is 0 Å². The van der Waals surface area contributed by atoms with E-state index in [0.29, 0.717) is 18.1 Å². The molecule has 7 heteroatoms. The first-order chi connectivity index (χ1) is 15.8. The molecule has 164 valence electrons. The van der Waals surface area contributed by atoms with Gasteiger partial charge in [0, 0.05) is 35.4 Å². The van der Waals surface area contributed by atoms with Crippen LogP contribution in [-0.4, -0.2) is 53.2 Å². The van der Waals surface area contributed by atoms with E-state index in [1.807, 2.05) is 30.5 Å². The average Bonchev–Trinajstić information content (AvgIpc) is 3.50. The van der Waals surface area contributed by atoms with Crippen LogP contribution in [0.25, 0.3) is 21.8 Å². The van der Waals surface area contributed by atoms with Gasteiger partial charge >= 0.3 is 0 Å². The van der Waals surface area contributed by atoms with Crippen molar-refractivity contribution in [3.05, 3.63) is 61.1 Å². The van der Waals surface area contributed by atoms with Gasteiger partial charge in [-0.3, -0.25) is 4.90 Å².